The van der Waals surface area contributed by atoms with Gasteiger partial charge in [-0.25, -0.2) is 9.59 Å². The third-order valence-electron chi connectivity index (χ3n) is 3.38. The average Bonchev–Trinajstić information content (AvgIpc) is 2.93. The minimum atomic E-state index is -0.744. The number of aromatic amines is 1. The maximum absolute atomic E-state index is 11.9. The third-order valence-corrected chi connectivity index (χ3v) is 3.38. The lowest BCUT2D eigenvalue weighted by Crippen LogP contribution is -2.12. The summed E-state index contributed by atoms with van der Waals surface area (Å²) < 4.78 is 9.92. The fourth-order valence-corrected chi connectivity index (χ4v) is 2.46. The quantitative estimate of drug-likeness (QED) is 0.570. The van der Waals surface area contributed by atoms with Crippen LogP contribution in [-0.4, -0.2) is 35.7 Å². The number of ether oxygens (including phenoxy) is 2. The minimum absolute atomic E-state index is 0.324. The number of aromatic nitrogens is 1. The molecule has 6 nitrogen and oxygen atoms in total. The summed E-state index contributed by atoms with van der Waals surface area (Å²) in [5, 5.41) is 10.2. The number of nitrogens with one attached hydrogen (secondary N) is 1. The van der Waals surface area contributed by atoms with Crippen molar-refractivity contribution in [2.24, 2.45) is 0 Å². The van der Waals surface area contributed by atoms with Crippen LogP contribution in [0.25, 0.3) is 21.8 Å². The van der Waals surface area contributed by atoms with Crippen molar-refractivity contribution in [3.8, 4) is 5.75 Å². The van der Waals surface area contributed by atoms with Crippen molar-refractivity contribution in [2.75, 3.05) is 13.7 Å². The van der Waals surface area contributed by atoms with Gasteiger partial charge in [0.15, 0.2) is 0 Å². The molecule has 3 rings (SSSR count). The van der Waals surface area contributed by atoms with Crippen LogP contribution in [0.1, 0.15) is 10.4 Å². The number of aliphatic hydroxyl groups is 1. The Labute approximate surface area is 125 Å². The van der Waals surface area contributed by atoms with Gasteiger partial charge in [0, 0.05) is 5.39 Å². The Bertz CT molecular complexity index is 881. The van der Waals surface area contributed by atoms with Crippen LogP contribution in [0.2, 0.25) is 0 Å². The van der Waals surface area contributed by atoms with Gasteiger partial charge in [-0.15, -0.1) is 0 Å². The summed E-state index contributed by atoms with van der Waals surface area (Å²) in [6.45, 7) is -0.702. The van der Waals surface area contributed by atoms with Crippen molar-refractivity contribution < 1.29 is 24.2 Å². The summed E-state index contributed by atoms with van der Waals surface area (Å²) in [6.07, 6.45) is 0. The zero-order chi connectivity index (χ0) is 15.7. The number of benzene rings is 2. The number of carbonyl (C=O) groups excluding carboxylic acids is 2. The van der Waals surface area contributed by atoms with Crippen LogP contribution in [0.4, 0.5) is 0 Å². The van der Waals surface area contributed by atoms with Crippen LogP contribution in [0.15, 0.2) is 36.4 Å². The molecule has 3 aromatic rings. The fraction of sp³-hybridized carbons (Fsp3) is 0.125. The highest BCUT2D eigenvalue weighted by atomic mass is 16.5. The van der Waals surface area contributed by atoms with Crippen LogP contribution >= 0.6 is 0 Å². The number of H-pyrrole nitrogens is 1. The molecular formula is C16H13NO5. The maximum atomic E-state index is 11.9. The number of hydrogen-bond donors (Lipinski definition) is 2. The minimum Gasteiger partial charge on any atom is -0.465 e. The molecule has 6 heteroatoms. The van der Waals surface area contributed by atoms with Gasteiger partial charge >= 0.3 is 11.9 Å². The first kappa shape index (κ1) is 14.1. The molecule has 0 spiro atoms. The van der Waals surface area contributed by atoms with E-state index in [-0.39, 0.29) is 0 Å². The predicted octanol–water partition coefficient (Wildman–Crippen LogP) is 2.01. The Kier molecular flexibility index (Phi) is 3.52. The Balaban J connectivity index is 2.29. The van der Waals surface area contributed by atoms with E-state index >= 15 is 0 Å². The van der Waals surface area contributed by atoms with E-state index in [1.807, 2.05) is 12.1 Å². The van der Waals surface area contributed by atoms with E-state index in [4.69, 9.17) is 14.6 Å². The second-order valence-corrected chi connectivity index (χ2v) is 4.66. The highest BCUT2D eigenvalue weighted by Gasteiger charge is 2.17. The number of aliphatic hydroxyl groups excluding tert-OH is 1. The van der Waals surface area contributed by atoms with Crippen molar-refractivity contribution >= 4 is 33.7 Å². The summed E-state index contributed by atoms with van der Waals surface area (Å²) in [5.41, 5.74) is 1.72. The van der Waals surface area contributed by atoms with E-state index in [2.05, 4.69) is 4.98 Å². The molecule has 112 valence electrons. The van der Waals surface area contributed by atoms with Crippen LogP contribution in [0.5, 0.6) is 5.75 Å². The largest absolute Gasteiger partial charge is 0.465 e. The number of rotatable bonds is 3. The van der Waals surface area contributed by atoms with E-state index in [0.29, 0.717) is 22.2 Å². The van der Waals surface area contributed by atoms with Crippen LogP contribution in [0, 0.1) is 0 Å². The van der Waals surface area contributed by atoms with Crippen LogP contribution < -0.4 is 4.74 Å². The Morgan fingerprint density at radius 2 is 1.95 bits per heavy atom. The Morgan fingerprint density at radius 1 is 1.18 bits per heavy atom. The maximum Gasteiger partial charge on any atom is 0.339 e. The molecule has 0 atom stereocenters. The Hall–Kier alpha value is -2.86. The molecule has 0 saturated heterocycles. The first-order chi connectivity index (χ1) is 10.7. The molecule has 0 amide bonds. The van der Waals surface area contributed by atoms with Gasteiger partial charge in [-0.05, 0) is 18.2 Å². The van der Waals surface area contributed by atoms with Gasteiger partial charge in [-0.2, -0.15) is 0 Å². The fourth-order valence-electron chi connectivity index (χ4n) is 2.46. The lowest BCUT2D eigenvalue weighted by molar-refractivity contribution is -0.137. The smallest absolute Gasteiger partial charge is 0.339 e. The van der Waals surface area contributed by atoms with Gasteiger partial charge in [0.2, 0.25) is 0 Å². The number of fused-ring (bicyclic) bond motifs is 3. The standard InChI is InChI=1S/C16H13NO5/c1-21-16(20)10-5-2-4-9-14-11(17-15(9)10)6-3-7-12(14)22-13(19)8-18/h2-7,17-18H,8H2,1H3. The van der Waals surface area contributed by atoms with Gasteiger partial charge in [-0.3, -0.25) is 0 Å². The lowest BCUT2D eigenvalue weighted by Gasteiger charge is -2.04. The van der Waals surface area contributed by atoms with Crippen molar-refractivity contribution in [2.45, 2.75) is 0 Å². The molecule has 0 bridgehead atoms. The summed E-state index contributed by atoms with van der Waals surface area (Å²) >= 11 is 0. The molecule has 2 aromatic carbocycles. The second kappa shape index (κ2) is 5.50. The number of para-hydroxylation sites is 1. The molecule has 0 aliphatic heterocycles. The molecule has 0 saturated carbocycles. The first-order valence-electron chi connectivity index (χ1n) is 6.59. The van der Waals surface area contributed by atoms with Gasteiger partial charge in [0.1, 0.15) is 12.4 Å². The summed E-state index contributed by atoms with van der Waals surface area (Å²) in [5.74, 6) is -0.873. The molecular weight excluding hydrogens is 286 g/mol. The molecule has 0 unspecified atom stereocenters. The monoisotopic (exact) mass is 299 g/mol. The van der Waals surface area contributed by atoms with Gasteiger partial charge in [-0.1, -0.05) is 18.2 Å². The topological polar surface area (TPSA) is 88.6 Å². The molecule has 0 fully saturated rings. The van der Waals surface area contributed by atoms with E-state index in [1.165, 1.54) is 7.11 Å². The number of carbonyl (C=O) groups is 2. The highest BCUT2D eigenvalue weighted by Crippen LogP contribution is 2.34. The molecule has 22 heavy (non-hydrogen) atoms. The van der Waals surface area contributed by atoms with Crippen molar-refractivity contribution in [1.82, 2.24) is 4.98 Å². The van der Waals surface area contributed by atoms with Gasteiger partial charge in [0.05, 0.1) is 29.1 Å². The predicted molar refractivity (Wildman–Crippen MR) is 79.9 cm³/mol. The molecule has 0 aliphatic carbocycles. The van der Waals surface area contributed by atoms with Crippen molar-refractivity contribution in [3.63, 3.8) is 0 Å². The van der Waals surface area contributed by atoms with Crippen LogP contribution in [0.3, 0.4) is 0 Å². The zero-order valence-electron chi connectivity index (χ0n) is 11.8. The average molecular weight is 299 g/mol. The second-order valence-electron chi connectivity index (χ2n) is 4.66. The van der Waals surface area contributed by atoms with Crippen molar-refractivity contribution in [3.05, 3.63) is 42.0 Å². The van der Waals surface area contributed by atoms with Gasteiger partial charge in [0.25, 0.3) is 0 Å². The van der Waals surface area contributed by atoms with E-state index in [0.717, 1.165) is 10.9 Å². The Morgan fingerprint density at radius 3 is 2.68 bits per heavy atom. The lowest BCUT2D eigenvalue weighted by atomic mass is 10.1. The zero-order valence-corrected chi connectivity index (χ0v) is 11.8. The summed E-state index contributed by atoms with van der Waals surface area (Å²) in [6, 6.07) is 10.4. The normalized spacial score (nSPS) is 10.8. The number of esters is 2. The molecule has 0 radical (unpaired) electrons. The highest BCUT2D eigenvalue weighted by molar-refractivity contribution is 6.16. The van der Waals surface area contributed by atoms with Crippen molar-refractivity contribution in [1.29, 1.82) is 0 Å². The number of methoxy groups -OCH3 is 1. The van der Waals surface area contributed by atoms with Crippen LogP contribution in [-0.2, 0) is 9.53 Å². The summed E-state index contributed by atoms with van der Waals surface area (Å²) in [7, 11) is 1.32. The molecule has 0 aliphatic rings. The third kappa shape index (κ3) is 2.19. The molecule has 2 N–H and O–H groups in total. The van der Waals surface area contributed by atoms with E-state index in [1.54, 1.807) is 24.3 Å². The van der Waals surface area contributed by atoms with E-state index < -0.39 is 18.5 Å². The number of hydrogen-bond acceptors (Lipinski definition) is 5. The van der Waals surface area contributed by atoms with Gasteiger partial charge < -0.3 is 19.6 Å². The first-order valence-corrected chi connectivity index (χ1v) is 6.59. The SMILES string of the molecule is COC(=O)c1cccc2c1[nH]c1cccc(OC(=O)CO)c12. The summed E-state index contributed by atoms with van der Waals surface area (Å²) in [4.78, 5) is 26.3. The molecule has 1 heterocycles. The molecule has 1 aromatic heterocycles. The van der Waals surface area contributed by atoms with E-state index in [9.17, 15) is 9.59 Å².